The van der Waals surface area contributed by atoms with E-state index in [1.807, 2.05) is 6.07 Å². The van der Waals surface area contributed by atoms with Crippen molar-refractivity contribution >= 4 is 29.1 Å². The number of hydrogen-bond donors (Lipinski definition) is 2. The highest BCUT2D eigenvalue weighted by Gasteiger charge is 2.10. The summed E-state index contributed by atoms with van der Waals surface area (Å²) in [5, 5.41) is 14.9. The number of ether oxygens (including phenoxy) is 1. The highest BCUT2D eigenvalue weighted by Crippen LogP contribution is 2.18. The molecule has 2 N–H and O–H groups in total. The zero-order valence-corrected chi connectivity index (χ0v) is 15.0. The molecule has 0 saturated heterocycles. The lowest BCUT2D eigenvalue weighted by atomic mass is 10.2. The average Bonchev–Trinajstić information content (AvgIpc) is 2.74. The minimum Gasteiger partial charge on any atom is -0.465 e. The van der Waals surface area contributed by atoms with Crippen LogP contribution in [0.2, 0.25) is 0 Å². The van der Waals surface area contributed by atoms with Crippen LogP contribution in [0, 0.1) is 11.3 Å². The van der Waals surface area contributed by atoms with Crippen molar-refractivity contribution in [1.29, 1.82) is 5.26 Å². The lowest BCUT2D eigenvalue weighted by Crippen LogP contribution is -2.13. The van der Waals surface area contributed by atoms with Gasteiger partial charge in [-0.05, 0) is 48.5 Å². The normalized spacial score (nSPS) is 9.86. The van der Waals surface area contributed by atoms with E-state index in [9.17, 15) is 9.59 Å². The lowest BCUT2D eigenvalue weighted by Gasteiger charge is -2.09. The first-order valence-electron chi connectivity index (χ1n) is 8.32. The summed E-state index contributed by atoms with van der Waals surface area (Å²) in [5.41, 5.74) is 2.38. The Morgan fingerprint density at radius 1 is 1.00 bits per heavy atom. The van der Waals surface area contributed by atoms with Crippen LogP contribution in [0.3, 0.4) is 0 Å². The molecule has 28 heavy (non-hydrogen) atoms. The molecule has 1 aromatic heterocycles. The molecule has 7 heteroatoms. The lowest BCUT2D eigenvalue weighted by molar-refractivity contribution is 0.0600. The number of esters is 1. The van der Waals surface area contributed by atoms with Crippen molar-refractivity contribution in [2.45, 2.75) is 0 Å². The maximum Gasteiger partial charge on any atom is 0.337 e. The smallest absolute Gasteiger partial charge is 0.337 e. The van der Waals surface area contributed by atoms with E-state index >= 15 is 0 Å². The third-order valence-corrected chi connectivity index (χ3v) is 3.90. The fourth-order valence-corrected chi connectivity index (χ4v) is 2.44. The van der Waals surface area contributed by atoms with Crippen molar-refractivity contribution in [3.63, 3.8) is 0 Å². The van der Waals surface area contributed by atoms with Gasteiger partial charge in [-0.25, -0.2) is 9.78 Å². The molecule has 1 heterocycles. The van der Waals surface area contributed by atoms with Gasteiger partial charge in [0.05, 0.1) is 29.5 Å². The van der Waals surface area contributed by atoms with Crippen LogP contribution in [-0.4, -0.2) is 24.0 Å². The van der Waals surface area contributed by atoms with Gasteiger partial charge in [-0.1, -0.05) is 12.1 Å². The molecule has 0 aliphatic heterocycles. The number of aromatic nitrogens is 1. The van der Waals surface area contributed by atoms with Gasteiger partial charge in [0, 0.05) is 11.9 Å². The summed E-state index contributed by atoms with van der Waals surface area (Å²) in [6.07, 6.45) is 1.44. The first-order valence-corrected chi connectivity index (χ1v) is 8.32. The van der Waals surface area contributed by atoms with Crippen LogP contribution in [0.4, 0.5) is 17.2 Å². The quantitative estimate of drug-likeness (QED) is 0.661. The van der Waals surface area contributed by atoms with Crippen LogP contribution in [0.1, 0.15) is 26.3 Å². The minimum atomic E-state index is -0.405. The molecule has 0 unspecified atom stereocenters. The van der Waals surface area contributed by atoms with Gasteiger partial charge < -0.3 is 15.4 Å². The molecule has 2 aromatic carbocycles. The molecular weight excluding hydrogens is 356 g/mol. The Morgan fingerprint density at radius 3 is 2.36 bits per heavy atom. The third kappa shape index (κ3) is 4.31. The van der Waals surface area contributed by atoms with Crippen molar-refractivity contribution < 1.29 is 14.3 Å². The molecule has 0 fully saturated rings. The number of nitrogens with zero attached hydrogens (tertiary/aromatic N) is 2. The number of pyridine rings is 1. The van der Waals surface area contributed by atoms with Gasteiger partial charge >= 0.3 is 5.97 Å². The van der Waals surface area contributed by atoms with Crippen LogP contribution in [0.15, 0.2) is 66.9 Å². The SMILES string of the molecule is COC(=O)c1ccc(Nc2ccc(C(=O)Nc3ccccc3C#N)cn2)cc1. The number of hydrogen-bond acceptors (Lipinski definition) is 6. The van der Waals surface area contributed by atoms with Gasteiger partial charge in [-0.2, -0.15) is 5.26 Å². The first kappa shape index (κ1) is 18.6. The number of para-hydroxylation sites is 1. The number of amides is 1. The molecule has 0 atom stereocenters. The monoisotopic (exact) mass is 372 g/mol. The Kier molecular flexibility index (Phi) is 5.63. The van der Waals surface area contributed by atoms with E-state index in [4.69, 9.17) is 5.26 Å². The highest BCUT2D eigenvalue weighted by atomic mass is 16.5. The molecule has 0 radical (unpaired) electrons. The molecule has 0 bridgehead atoms. The summed E-state index contributed by atoms with van der Waals surface area (Å²) in [5.74, 6) is -0.220. The van der Waals surface area contributed by atoms with Crippen LogP contribution in [-0.2, 0) is 4.74 Å². The summed E-state index contributed by atoms with van der Waals surface area (Å²) in [7, 11) is 1.33. The largest absolute Gasteiger partial charge is 0.465 e. The van der Waals surface area contributed by atoms with Gasteiger partial charge in [0.15, 0.2) is 0 Å². The van der Waals surface area contributed by atoms with E-state index in [1.165, 1.54) is 13.3 Å². The molecule has 1 amide bonds. The number of nitrogens with one attached hydrogen (secondary N) is 2. The van der Waals surface area contributed by atoms with E-state index in [1.54, 1.807) is 60.7 Å². The zero-order chi connectivity index (χ0) is 19.9. The van der Waals surface area contributed by atoms with Crippen molar-refractivity contribution in [2.75, 3.05) is 17.7 Å². The Hall–Kier alpha value is -4.18. The maximum atomic E-state index is 12.4. The summed E-state index contributed by atoms with van der Waals surface area (Å²) >= 11 is 0. The molecule has 0 aliphatic rings. The zero-order valence-electron chi connectivity index (χ0n) is 15.0. The number of rotatable bonds is 5. The molecule has 0 saturated carbocycles. The Balaban J connectivity index is 1.67. The molecule has 3 rings (SSSR count). The van der Waals surface area contributed by atoms with Gasteiger partial charge in [-0.3, -0.25) is 4.79 Å². The third-order valence-electron chi connectivity index (χ3n) is 3.90. The van der Waals surface area contributed by atoms with Gasteiger partial charge in [0.25, 0.3) is 5.91 Å². The number of methoxy groups -OCH3 is 1. The van der Waals surface area contributed by atoms with Crippen LogP contribution in [0.25, 0.3) is 0 Å². The van der Waals surface area contributed by atoms with Gasteiger partial charge in [0.2, 0.25) is 0 Å². The van der Waals surface area contributed by atoms with E-state index < -0.39 is 5.97 Å². The number of anilines is 3. The molecule has 3 aromatic rings. The molecule has 7 nitrogen and oxygen atoms in total. The Bertz CT molecular complexity index is 1040. The average molecular weight is 372 g/mol. The van der Waals surface area contributed by atoms with Crippen molar-refractivity contribution in [1.82, 2.24) is 4.98 Å². The second kappa shape index (κ2) is 8.47. The van der Waals surface area contributed by atoms with Crippen molar-refractivity contribution in [2.24, 2.45) is 0 Å². The predicted molar refractivity (Wildman–Crippen MR) is 104 cm³/mol. The summed E-state index contributed by atoms with van der Waals surface area (Å²) in [6.45, 7) is 0. The van der Waals surface area contributed by atoms with E-state index in [0.717, 1.165) is 5.69 Å². The number of benzene rings is 2. The van der Waals surface area contributed by atoms with Crippen LogP contribution >= 0.6 is 0 Å². The molecular formula is C21H16N4O3. The van der Waals surface area contributed by atoms with Crippen molar-refractivity contribution in [3.8, 4) is 6.07 Å². The molecule has 0 spiro atoms. The summed E-state index contributed by atoms with van der Waals surface area (Å²) in [4.78, 5) is 28.0. The van der Waals surface area contributed by atoms with Gasteiger partial charge in [-0.15, -0.1) is 0 Å². The van der Waals surface area contributed by atoms with Crippen molar-refractivity contribution in [3.05, 3.63) is 83.6 Å². The van der Waals surface area contributed by atoms with E-state index in [0.29, 0.717) is 28.2 Å². The van der Waals surface area contributed by atoms with Crippen LogP contribution < -0.4 is 10.6 Å². The molecule has 138 valence electrons. The van der Waals surface area contributed by atoms with E-state index in [2.05, 4.69) is 20.4 Å². The Morgan fingerprint density at radius 2 is 1.71 bits per heavy atom. The Labute approximate surface area is 161 Å². The summed E-state index contributed by atoms with van der Waals surface area (Å²) in [6, 6.07) is 18.8. The second-order valence-electron chi connectivity index (χ2n) is 5.74. The molecule has 0 aliphatic carbocycles. The summed E-state index contributed by atoms with van der Waals surface area (Å²) < 4.78 is 4.66. The van der Waals surface area contributed by atoms with E-state index in [-0.39, 0.29) is 5.91 Å². The first-order chi connectivity index (χ1) is 13.6. The minimum absolute atomic E-state index is 0.357. The van der Waals surface area contributed by atoms with Gasteiger partial charge in [0.1, 0.15) is 11.9 Å². The van der Waals surface area contributed by atoms with Crippen LogP contribution in [0.5, 0.6) is 0 Å². The second-order valence-corrected chi connectivity index (χ2v) is 5.74. The number of nitriles is 1. The standard InChI is InChI=1S/C21H16N4O3/c1-28-21(27)14-6-9-17(10-7-14)24-19-11-8-16(13-23-19)20(26)25-18-5-3-2-4-15(18)12-22/h2-11,13H,1H3,(H,23,24)(H,25,26). The number of carbonyl (C=O) groups excluding carboxylic acids is 2. The topological polar surface area (TPSA) is 104 Å². The predicted octanol–water partition coefficient (Wildman–Crippen LogP) is 3.74. The number of carbonyl (C=O) groups is 2. The highest BCUT2D eigenvalue weighted by molar-refractivity contribution is 6.04. The fraction of sp³-hybridized carbons (Fsp3) is 0.0476. The fourth-order valence-electron chi connectivity index (χ4n) is 2.44. The maximum absolute atomic E-state index is 12.4.